The Labute approximate surface area is 266 Å². The second-order valence-electron chi connectivity index (χ2n) is 11.6. The van der Waals surface area contributed by atoms with Crippen LogP contribution in [0.25, 0.3) is 0 Å². The van der Waals surface area contributed by atoms with Gasteiger partial charge in [-0.3, -0.25) is 0 Å². The third-order valence-electron chi connectivity index (χ3n) is 8.82. The maximum atomic E-state index is 9.98. The van der Waals surface area contributed by atoms with Crippen molar-refractivity contribution in [1.82, 2.24) is 0 Å². The van der Waals surface area contributed by atoms with Crippen LogP contribution >= 0.6 is 6.83 Å². The molecule has 6 rings (SSSR count). The first-order valence-electron chi connectivity index (χ1n) is 15.6. The van der Waals surface area contributed by atoms with Crippen molar-refractivity contribution in [3.63, 3.8) is 0 Å². The first-order valence-corrected chi connectivity index (χ1v) is 17.9. The molecule has 45 heavy (non-hydrogen) atoms. The van der Waals surface area contributed by atoms with Crippen LogP contribution in [-0.4, -0.2) is 16.4 Å². The fourth-order valence-electron chi connectivity index (χ4n) is 6.59. The maximum absolute atomic E-state index is 9.98. The first-order chi connectivity index (χ1) is 22.0. The van der Waals surface area contributed by atoms with Crippen molar-refractivity contribution in [3.8, 4) is 17.2 Å². The van der Waals surface area contributed by atoms with Crippen molar-refractivity contribution < 1.29 is 14.7 Å². The molecule has 3 nitrogen and oxygen atoms in total. The number of unbranched alkanes of at least 4 members (excludes halogenated alkanes) is 1. The molecule has 0 unspecified atom stereocenters. The molecular weight excluding hydrogens is 571 g/mol. The molecule has 6 aromatic carbocycles. The summed E-state index contributed by atoms with van der Waals surface area (Å²) in [6, 6.07) is 55.6. The van der Waals surface area contributed by atoms with Gasteiger partial charge in [0.1, 0.15) is 0 Å². The van der Waals surface area contributed by atoms with Crippen molar-refractivity contribution in [1.29, 1.82) is 0 Å². The van der Waals surface area contributed by atoms with Crippen molar-refractivity contribution in [2.24, 2.45) is 0 Å². The van der Waals surface area contributed by atoms with Crippen LogP contribution in [0.4, 0.5) is 0 Å². The number of rotatable bonds is 11. The molecule has 0 saturated heterocycles. The van der Waals surface area contributed by atoms with E-state index in [2.05, 4.69) is 122 Å². The standard InChI is InChI=1S/C41H39O3P/c1-2-3-31-45(38-13-7-4-8-14-38,39-15-9-5-10-16-39,40-17-11-6-12-18-40)44-37-29-23-34(24-30-37)41(32-19-25-35(42)26-20-32)33-21-27-36(43)28-22-33/h4-30,41-43H,2-3,31H2,1H3. The molecule has 0 aliphatic heterocycles. The second kappa shape index (κ2) is 13.0. The van der Waals surface area contributed by atoms with Gasteiger partial charge in [-0.1, -0.05) is 0 Å². The Kier molecular flexibility index (Phi) is 8.74. The Morgan fingerprint density at radius 3 is 1.20 bits per heavy atom. The molecule has 0 aliphatic rings. The summed E-state index contributed by atoms with van der Waals surface area (Å²) in [5, 5.41) is 23.6. The molecule has 2 N–H and O–H groups in total. The van der Waals surface area contributed by atoms with Crippen LogP contribution in [-0.2, 0) is 0 Å². The Bertz CT molecular complexity index is 1660. The number of phenols is 2. The Hall–Kier alpha value is -4.85. The van der Waals surface area contributed by atoms with Gasteiger partial charge in [0.15, 0.2) is 0 Å². The minimum atomic E-state index is -3.51. The minimum absolute atomic E-state index is 0.0899. The van der Waals surface area contributed by atoms with Gasteiger partial charge in [-0.15, -0.1) is 0 Å². The molecule has 0 saturated carbocycles. The van der Waals surface area contributed by atoms with E-state index in [-0.39, 0.29) is 17.4 Å². The van der Waals surface area contributed by atoms with Crippen molar-refractivity contribution in [3.05, 3.63) is 180 Å². The van der Waals surface area contributed by atoms with E-state index in [0.717, 1.165) is 41.4 Å². The fraction of sp³-hybridized carbons (Fsp3) is 0.122. The van der Waals surface area contributed by atoms with Gasteiger partial charge in [-0.25, -0.2) is 0 Å². The molecule has 0 radical (unpaired) electrons. The van der Waals surface area contributed by atoms with Crippen LogP contribution in [0.3, 0.4) is 0 Å². The number of phenolic OH excluding ortho intramolecular Hbond substituents is 2. The molecule has 0 heterocycles. The summed E-state index contributed by atoms with van der Waals surface area (Å²) in [6.45, 7) is -1.26. The van der Waals surface area contributed by atoms with Crippen LogP contribution in [0.1, 0.15) is 42.4 Å². The predicted octanol–water partition coefficient (Wildman–Crippen LogP) is 8.90. The molecule has 6 aromatic rings. The number of hydrogen-bond donors (Lipinski definition) is 2. The molecule has 226 valence electrons. The predicted molar refractivity (Wildman–Crippen MR) is 189 cm³/mol. The quantitative estimate of drug-likeness (QED) is 0.114. The average molecular weight is 611 g/mol. The third kappa shape index (κ3) is 5.72. The summed E-state index contributed by atoms with van der Waals surface area (Å²) in [5.74, 6) is 1.19. The molecule has 0 atom stereocenters. The van der Waals surface area contributed by atoms with E-state index in [1.807, 2.05) is 24.3 Å². The number of benzene rings is 6. The van der Waals surface area contributed by atoms with Crippen LogP contribution < -0.4 is 20.4 Å². The van der Waals surface area contributed by atoms with Gasteiger partial charge < -0.3 is 0 Å². The van der Waals surface area contributed by atoms with E-state index in [1.165, 1.54) is 15.9 Å². The third-order valence-corrected chi connectivity index (χ3v) is 14.8. The van der Waals surface area contributed by atoms with E-state index in [1.54, 1.807) is 24.3 Å². The number of aromatic hydroxyl groups is 2. The van der Waals surface area contributed by atoms with Crippen LogP contribution in [0.5, 0.6) is 17.2 Å². The second-order valence-corrected chi connectivity index (χ2v) is 16.2. The van der Waals surface area contributed by atoms with Gasteiger partial charge in [-0.05, 0) is 0 Å². The normalized spacial score (nSPS) is 12.4. The summed E-state index contributed by atoms with van der Waals surface area (Å²) >= 11 is 0. The Morgan fingerprint density at radius 2 is 0.844 bits per heavy atom. The molecule has 0 fully saturated rings. The molecule has 0 aliphatic carbocycles. The number of hydrogen-bond acceptors (Lipinski definition) is 3. The Balaban J connectivity index is 1.53. The first kappa shape index (κ1) is 30.2. The van der Waals surface area contributed by atoms with E-state index in [9.17, 15) is 10.2 Å². The molecule has 0 aromatic heterocycles. The summed E-state index contributed by atoms with van der Waals surface area (Å²) < 4.78 is 7.69. The summed E-state index contributed by atoms with van der Waals surface area (Å²) in [4.78, 5) is 0. The zero-order valence-corrected chi connectivity index (χ0v) is 26.4. The monoisotopic (exact) mass is 610 g/mol. The Morgan fingerprint density at radius 1 is 0.489 bits per heavy atom. The van der Waals surface area contributed by atoms with Crippen LogP contribution in [0, 0.1) is 0 Å². The van der Waals surface area contributed by atoms with Crippen LogP contribution in [0.2, 0.25) is 0 Å². The van der Waals surface area contributed by atoms with Gasteiger partial charge >= 0.3 is 267 Å². The van der Waals surface area contributed by atoms with Gasteiger partial charge in [-0.2, -0.15) is 0 Å². The van der Waals surface area contributed by atoms with Crippen molar-refractivity contribution in [2.75, 3.05) is 6.16 Å². The molecule has 4 heteroatoms. The van der Waals surface area contributed by atoms with E-state index < -0.39 is 6.83 Å². The average Bonchev–Trinajstić information content (AvgIpc) is 3.10. The van der Waals surface area contributed by atoms with Gasteiger partial charge in [0.25, 0.3) is 0 Å². The fourth-order valence-corrected chi connectivity index (χ4v) is 12.6. The molecule has 0 amide bonds. The van der Waals surface area contributed by atoms with Crippen molar-refractivity contribution in [2.45, 2.75) is 25.7 Å². The van der Waals surface area contributed by atoms with Gasteiger partial charge in [0.2, 0.25) is 0 Å². The van der Waals surface area contributed by atoms with E-state index in [0.29, 0.717) is 0 Å². The van der Waals surface area contributed by atoms with E-state index >= 15 is 0 Å². The SMILES string of the molecule is CCCCP(Oc1ccc(C(c2ccc(O)cc2)c2ccc(O)cc2)cc1)(c1ccccc1)(c1ccccc1)c1ccccc1. The van der Waals surface area contributed by atoms with Crippen LogP contribution in [0.15, 0.2) is 164 Å². The van der Waals surface area contributed by atoms with Crippen molar-refractivity contribution >= 4 is 22.7 Å². The molecular formula is C41H39O3P. The van der Waals surface area contributed by atoms with E-state index in [4.69, 9.17) is 4.52 Å². The summed E-state index contributed by atoms with van der Waals surface area (Å²) in [5.41, 5.74) is 3.19. The topological polar surface area (TPSA) is 49.7 Å². The zero-order valence-electron chi connectivity index (χ0n) is 25.5. The zero-order chi connectivity index (χ0) is 31.1. The van der Waals surface area contributed by atoms with Gasteiger partial charge in [0.05, 0.1) is 0 Å². The summed E-state index contributed by atoms with van der Waals surface area (Å²) in [6.07, 6.45) is 2.94. The molecule has 0 bridgehead atoms. The molecule has 0 spiro atoms. The summed E-state index contributed by atoms with van der Waals surface area (Å²) in [7, 11) is 0. The van der Waals surface area contributed by atoms with Gasteiger partial charge in [0, 0.05) is 0 Å².